The number of hydrogen-bond acceptors (Lipinski definition) is 5. The van der Waals surface area contributed by atoms with Crippen molar-refractivity contribution in [3.63, 3.8) is 0 Å². The van der Waals surface area contributed by atoms with Gasteiger partial charge in [-0.05, 0) is 56.6 Å². The van der Waals surface area contributed by atoms with Crippen molar-refractivity contribution in [2.24, 2.45) is 5.92 Å². The van der Waals surface area contributed by atoms with Crippen molar-refractivity contribution in [3.8, 4) is 6.07 Å². The van der Waals surface area contributed by atoms with Crippen LogP contribution in [0.15, 0.2) is 18.2 Å². The zero-order chi connectivity index (χ0) is 16.6. The maximum Gasteiger partial charge on any atom is 0.142 e. The van der Waals surface area contributed by atoms with E-state index in [4.69, 9.17) is 14.7 Å². The van der Waals surface area contributed by atoms with Gasteiger partial charge in [0.15, 0.2) is 0 Å². The molecule has 0 spiro atoms. The second-order valence-corrected chi connectivity index (χ2v) is 7.39. The Balaban J connectivity index is 1.53. The lowest BCUT2D eigenvalue weighted by Crippen LogP contribution is -2.52. The minimum atomic E-state index is -0.0935. The Morgan fingerprint density at radius 1 is 1.33 bits per heavy atom. The van der Waals surface area contributed by atoms with Gasteiger partial charge in [0, 0.05) is 20.3 Å². The molecular formula is C19H25N3O2. The van der Waals surface area contributed by atoms with Crippen LogP contribution >= 0.6 is 0 Å². The van der Waals surface area contributed by atoms with E-state index in [1.54, 1.807) is 6.07 Å². The van der Waals surface area contributed by atoms with E-state index in [2.05, 4.69) is 16.0 Å². The maximum atomic E-state index is 9.13. The first-order valence-electron chi connectivity index (χ1n) is 9.04. The van der Waals surface area contributed by atoms with Crippen LogP contribution in [0.2, 0.25) is 0 Å². The molecule has 4 rings (SSSR count). The quantitative estimate of drug-likeness (QED) is 0.832. The van der Waals surface area contributed by atoms with Crippen molar-refractivity contribution >= 4 is 5.82 Å². The molecule has 3 atom stereocenters. The summed E-state index contributed by atoms with van der Waals surface area (Å²) in [6, 6.07) is 8.09. The van der Waals surface area contributed by atoms with E-state index < -0.39 is 0 Å². The fourth-order valence-corrected chi connectivity index (χ4v) is 4.29. The molecule has 1 aromatic rings. The Morgan fingerprint density at radius 3 is 2.96 bits per heavy atom. The van der Waals surface area contributed by atoms with Gasteiger partial charge in [-0.3, -0.25) is 0 Å². The summed E-state index contributed by atoms with van der Waals surface area (Å²) in [7, 11) is 1.83. The van der Waals surface area contributed by atoms with Crippen LogP contribution in [-0.2, 0) is 9.47 Å². The van der Waals surface area contributed by atoms with Gasteiger partial charge in [0.1, 0.15) is 17.6 Å². The van der Waals surface area contributed by atoms with Gasteiger partial charge in [-0.2, -0.15) is 5.26 Å². The Labute approximate surface area is 143 Å². The van der Waals surface area contributed by atoms with Gasteiger partial charge in [-0.25, -0.2) is 4.98 Å². The van der Waals surface area contributed by atoms with Crippen LogP contribution < -0.4 is 4.90 Å². The fourth-order valence-electron chi connectivity index (χ4n) is 4.29. The molecule has 0 unspecified atom stereocenters. The molecule has 1 aliphatic heterocycles. The lowest BCUT2D eigenvalue weighted by atomic mass is 9.79. The van der Waals surface area contributed by atoms with Crippen LogP contribution in [0, 0.1) is 17.2 Å². The summed E-state index contributed by atoms with van der Waals surface area (Å²) in [5, 5.41) is 9.13. The molecule has 0 amide bonds. The van der Waals surface area contributed by atoms with Crippen LogP contribution in [0.5, 0.6) is 0 Å². The molecule has 3 fully saturated rings. The standard InChI is InChI=1S/C19H25N3O2/c1-23-19-8-7-16(24-13-14-5-6-14)11-17(19)22(10-9-19)18-4-2-3-15(12-20)21-18/h2-4,14,16-17H,5-11,13H2,1H3/t16-,17-,19+/m0/s1. The highest BCUT2D eigenvalue weighted by Gasteiger charge is 2.51. The topological polar surface area (TPSA) is 58.4 Å². The largest absolute Gasteiger partial charge is 0.378 e. The molecular weight excluding hydrogens is 302 g/mol. The Hall–Kier alpha value is -1.64. The van der Waals surface area contributed by atoms with Crippen molar-refractivity contribution in [2.75, 3.05) is 25.2 Å². The van der Waals surface area contributed by atoms with Crippen LogP contribution in [0.3, 0.4) is 0 Å². The van der Waals surface area contributed by atoms with Gasteiger partial charge in [0.25, 0.3) is 0 Å². The first kappa shape index (κ1) is 15.9. The molecule has 0 aromatic carbocycles. The van der Waals surface area contributed by atoms with Crippen LogP contribution in [0.25, 0.3) is 0 Å². The van der Waals surface area contributed by atoms with Gasteiger partial charge in [-0.1, -0.05) is 6.07 Å². The van der Waals surface area contributed by atoms with Gasteiger partial charge < -0.3 is 14.4 Å². The molecule has 1 aromatic heterocycles. The predicted octanol–water partition coefficient (Wildman–Crippen LogP) is 2.90. The zero-order valence-corrected chi connectivity index (χ0v) is 14.3. The molecule has 2 saturated carbocycles. The number of rotatable bonds is 5. The van der Waals surface area contributed by atoms with Crippen LogP contribution in [0.1, 0.15) is 44.2 Å². The minimum absolute atomic E-state index is 0.0935. The van der Waals surface area contributed by atoms with Crippen molar-refractivity contribution in [2.45, 2.75) is 56.3 Å². The van der Waals surface area contributed by atoms with Gasteiger partial charge in [-0.15, -0.1) is 0 Å². The fraction of sp³-hybridized carbons (Fsp3) is 0.684. The number of aromatic nitrogens is 1. The summed E-state index contributed by atoms with van der Waals surface area (Å²) in [6.07, 6.45) is 7.10. The predicted molar refractivity (Wildman–Crippen MR) is 90.8 cm³/mol. The molecule has 2 heterocycles. The number of ether oxygens (including phenoxy) is 2. The number of pyridine rings is 1. The number of methoxy groups -OCH3 is 1. The number of anilines is 1. The Morgan fingerprint density at radius 2 is 2.21 bits per heavy atom. The van der Waals surface area contributed by atoms with Crippen molar-refractivity contribution in [1.29, 1.82) is 5.26 Å². The van der Waals surface area contributed by atoms with Crippen molar-refractivity contribution in [3.05, 3.63) is 23.9 Å². The van der Waals surface area contributed by atoms with Gasteiger partial charge in [0.05, 0.1) is 17.7 Å². The lowest BCUT2D eigenvalue weighted by molar-refractivity contribution is -0.0816. The highest BCUT2D eigenvalue weighted by Crippen LogP contribution is 2.44. The van der Waals surface area contributed by atoms with E-state index in [-0.39, 0.29) is 11.6 Å². The minimum Gasteiger partial charge on any atom is -0.378 e. The SMILES string of the molecule is CO[C@@]12CC[C@H](OCC3CC3)C[C@@H]1N(c1cccc(C#N)n1)CC2. The van der Waals surface area contributed by atoms with Crippen molar-refractivity contribution in [1.82, 2.24) is 4.98 Å². The molecule has 0 bridgehead atoms. The van der Waals surface area contributed by atoms with E-state index in [1.165, 1.54) is 12.8 Å². The molecule has 5 nitrogen and oxygen atoms in total. The zero-order valence-electron chi connectivity index (χ0n) is 14.3. The maximum absolute atomic E-state index is 9.13. The molecule has 128 valence electrons. The molecule has 0 N–H and O–H groups in total. The first-order valence-corrected chi connectivity index (χ1v) is 9.04. The normalized spacial score (nSPS) is 32.4. The van der Waals surface area contributed by atoms with Crippen molar-refractivity contribution < 1.29 is 9.47 Å². The van der Waals surface area contributed by atoms with E-state index in [9.17, 15) is 0 Å². The highest BCUT2D eigenvalue weighted by atomic mass is 16.5. The number of hydrogen-bond donors (Lipinski definition) is 0. The lowest BCUT2D eigenvalue weighted by Gasteiger charge is -2.43. The van der Waals surface area contributed by atoms with Crippen LogP contribution in [0.4, 0.5) is 5.82 Å². The third kappa shape index (κ3) is 2.89. The summed E-state index contributed by atoms with van der Waals surface area (Å²) < 4.78 is 12.2. The van der Waals surface area contributed by atoms with E-state index in [0.717, 1.165) is 50.6 Å². The van der Waals surface area contributed by atoms with E-state index >= 15 is 0 Å². The summed E-state index contributed by atoms with van der Waals surface area (Å²) in [4.78, 5) is 6.84. The molecule has 2 aliphatic carbocycles. The average Bonchev–Trinajstić information content (AvgIpc) is 3.39. The summed E-state index contributed by atoms with van der Waals surface area (Å²) in [6.45, 7) is 1.84. The molecule has 3 aliphatic rings. The second kappa shape index (κ2) is 6.34. The second-order valence-electron chi connectivity index (χ2n) is 7.39. The molecule has 0 radical (unpaired) electrons. The summed E-state index contributed by atoms with van der Waals surface area (Å²) in [5.74, 6) is 1.69. The van der Waals surface area contributed by atoms with Gasteiger partial charge in [0.2, 0.25) is 0 Å². The monoisotopic (exact) mass is 327 g/mol. The molecule has 24 heavy (non-hydrogen) atoms. The molecule has 5 heteroatoms. The van der Waals surface area contributed by atoms with Crippen LogP contribution in [-0.4, -0.2) is 43.0 Å². The Kier molecular flexibility index (Phi) is 4.19. The third-order valence-electron chi connectivity index (χ3n) is 5.95. The first-order chi connectivity index (χ1) is 11.7. The Bertz CT molecular complexity index is 640. The third-order valence-corrected chi connectivity index (χ3v) is 5.95. The summed E-state index contributed by atoms with van der Waals surface area (Å²) in [5.41, 5.74) is 0.379. The number of nitriles is 1. The van der Waals surface area contributed by atoms with E-state index in [0.29, 0.717) is 11.8 Å². The smallest absolute Gasteiger partial charge is 0.142 e. The molecule has 1 saturated heterocycles. The number of fused-ring (bicyclic) bond motifs is 1. The van der Waals surface area contributed by atoms with Gasteiger partial charge >= 0.3 is 0 Å². The summed E-state index contributed by atoms with van der Waals surface area (Å²) >= 11 is 0. The van der Waals surface area contributed by atoms with E-state index in [1.807, 2.05) is 19.2 Å². The highest BCUT2D eigenvalue weighted by molar-refractivity contribution is 5.46. The number of nitrogens with zero attached hydrogens (tertiary/aromatic N) is 3. The average molecular weight is 327 g/mol.